The van der Waals surface area contributed by atoms with E-state index in [-0.39, 0.29) is 12.5 Å². The Bertz CT molecular complexity index is 867. The number of hydrogen-bond acceptors (Lipinski definition) is 4. The second kappa shape index (κ2) is 7.57. The first-order valence-corrected chi connectivity index (χ1v) is 7.99. The first kappa shape index (κ1) is 16.6. The lowest BCUT2D eigenvalue weighted by molar-refractivity contribution is -0.125. The number of likely N-dealkylation sites (N-methyl/N-ethyl adjacent to an activating group) is 1. The molecule has 0 aliphatic rings. The van der Waals surface area contributed by atoms with Crippen molar-refractivity contribution in [2.75, 3.05) is 7.05 Å². The Morgan fingerprint density at radius 3 is 2.56 bits per heavy atom. The molecule has 0 fully saturated rings. The van der Waals surface area contributed by atoms with Crippen LogP contribution in [0.3, 0.4) is 0 Å². The van der Waals surface area contributed by atoms with Crippen LogP contribution in [0.15, 0.2) is 65.2 Å². The number of hydrogen-bond donors (Lipinski definition) is 0. The van der Waals surface area contributed by atoms with Crippen LogP contribution in [-0.2, 0) is 11.3 Å². The van der Waals surface area contributed by atoms with Gasteiger partial charge < -0.3 is 9.42 Å². The average molecular weight is 333 g/mol. The lowest BCUT2D eigenvalue weighted by Crippen LogP contribution is -2.24. The molecule has 1 aromatic heterocycles. The van der Waals surface area contributed by atoms with Gasteiger partial charge in [-0.2, -0.15) is 4.98 Å². The highest BCUT2D eigenvalue weighted by Crippen LogP contribution is 2.16. The summed E-state index contributed by atoms with van der Waals surface area (Å²) < 4.78 is 5.25. The highest BCUT2D eigenvalue weighted by Gasteiger charge is 2.13. The molecule has 3 rings (SSSR count). The largest absolute Gasteiger partial charge is 0.337 e. The highest BCUT2D eigenvalue weighted by molar-refractivity contribution is 5.91. The molecule has 25 heavy (non-hydrogen) atoms. The molecule has 0 spiro atoms. The maximum atomic E-state index is 12.2. The third-order valence-electron chi connectivity index (χ3n) is 3.74. The molecular weight excluding hydrogens is 314 g/mol. The van der Waals surface area contributed by atoms with Gasteiger partial charge in [0.1, 0.15) is 0 Å². The number of benzene rings is 2. The molecule has 0 aliphatic heterocycles. The van der Waals surface area contributed by atoms with E-state index in [0.29, 0.717) is 11.7 Å². The summed E-state index contributed by atoms with van der Waals surface area (Å²) in [6.07, 6.45) is 3.32. The van der Waals surface area contributed by atoms with Gasteiger partial charge in [0.2, 0.25) is 17.6 Å². The van der Waals surface area contributed by atoms with Gasteiger partial charge in [-0.25, -0.2) is 0 Å². The third-order valence-corrected chi connectivity index (χ3v) is 3.74. The molecular formula is C20H19N3O2. The Morgan fingerprint density at radius 1 is 1.12 bits per heavy atom. The van der Waals surface area contributed by atoms with E-state index in [1.165, 1.54) is 16.5 Å². The van der Waals surface area contributed by atoms with Gasteiger partial charge >= 0.3 is 0 Å². The van der Waals surface area contributed by atoms with Crippen LogP contribution < -0.4 is 0 Å². The smallest absolute Gasteiger partial charge is 0.246 e. The fourth-order valence-corrected chi connectivity index (χ4v) is 2.28. The third kappa shape index (κ3) is 4.41. The number of amides is 1. The summed E-state index contributed by atoms with van der Waals surface area (Å²) in [6.45, 7) is 2.28. The van der Waals surface area contributed by atoms with Crippen LogP contribution in [0.5, 0.6) is 0 Å². The summed E-state index contributed by atoms with van der Waals surface area (Å²) in [5.41, 5.74) is 3.03. The highest BCUT2D eigenvalue weighted by atomic mass is 16.5. The Balaban J connectivity index is 1.63. The van der Waals surface area contributed by atoms with Crippen LogP contribution in [0.4, 0.5) is 0 Å². The Labute approximate surface area is 146 Å². The van der Waals surface area contributed by atoms with Gasteiger partial charge in [-0.1, -0.05) is 65.3 Å². The summed E-state index contributed by atoms with van der Waals surface area (Å²) in [4.78, 5) is 18.1. The normalized spacial score (nSPS) is 11.0. The van der Waals surface area contributed by atoms with Gasteiger partial charge in [0.25, 0.3) is 0 Å². The van der Waals surface area contributed by atoms with Crippen LogP contribution in [-0.4, -0.2) is 28.0 Å². The molecule has 126 valence electrons. The predicted octanol–water partition coefficient (Wildman–Crippen LogP) is 3.72. The number of aromatic nitrogens is 2. The van der Waals surface area contributed by atoms with Crippen molar-refractivity contribution in [3.05, 3.63) is 77.7 Å². The van der Waals surface area contributed by atoms with Crippen molar-refractivity contribution in [1.82, 2.24) is 15.0 Å². The molecule has 0 unspecified atom stereocenters. The van der Waals surface area contributed by atoms with E-state index in [1.807, 2.05) is 61.5 Å². The van der Waals surface area contributed by atoms with E-state index in [0.717, 1.165) is 11.1 Å². The average Bonchev–Trinajstić information content (AvgIpc) is 3.09. The minimum absolute atomic E-state index is 0.126. The fraction of sp³-hybridized carbons (Fsp3) is 0.150. The minimum Gasteiger partial charge on any atom is -0.337 e. The molecule has 1 amide bonds. The molecule has 0 atom stereocenters. The lowest BCUT2D eigenvalue weighted by atomic mass is 10.1. The molecule has 3 aromatic rings. The maximum Gasteiger partial charge on any atom is 0.246 e. The zero-order valence-electron chi connectivity index (χ0n) is 14.2. The van der Waals surface area contributed by atoms with Crippen molar-refractivity contribution in [2.45, 2.75) is 13.5 Å². The SMILES string of the molecule is Cc1ccc(-c2noc(CN(C)C(=O)/C=C/c3ccccc3)n2)cc1. The standard InChI is InChI=1S/C20H19N3O2/c1-15-8-11-17(12-9-15)20-21-18(25-22-20)14-23(2)19(24)13-10-16-6-4-3-5-7-16/h3-13H,14H2,1-2H3/b13-10+. The second-order valence-electron chi connectivity index (χ2n) is 5.82. The molecule has 1 heterocycles. The summed E-state index contributed by atoms with van der Waals surface area (Å²) in [6, 6.07) is 17.6. The van der Waals surface area contributed by atoms with Gasteiger partial charge in [-0.3, -0.25) is 4.79 Å². The zero-order valence-corrected chi connectivity index (χ0v) is 14.2. The van der Waals surface area contributed by atoms with Crippen LogP contribution in [0.2, 0.25) is 0 Å². The summed E-state index contributed by atoms with van der Waals surface area (Å²) in [5.74, 6) is 0.800. The monoisotopic (exact) mass is 333 g/mol. The molecule has 0 bridgehead atoms. The van der Waals surface area contributed by atoms with Gasteiger partial charge in [0.15, 0.2) is 0 Å². The van der Waals surface area contributed by atoms with Crippen LogP contribution in [0, 0.1) is 6.92 Å². The number of aryl methyl sites for hydroxylation is 1. The molecule has 2 aromatic carbocycles. The number of carbonyl (C=O) groups is 1. The topological polar surface area (TPSA) is 59.2 Å². The molecule has 0 saturated heterocycles. The molecule has 5 heteroatoms. The van der Waals surface area contributed by atoms with Crippen LogP contribution in [0.1, 0.15) is 17.0 Å². The van der Waals surface area contributed by atoms with Crippen molar-refractivity contribution in [3.8, 4) is 11.4 Å². The summed E-state index contributed by atoms with van der Waals surface area (Å²) in [5, 5.41) is 3.98. The van der Waals surface area contributed by atoms with Crippen molar-refractivity contribution in [3.63, 3.8) is 0 Å². The number of carbonyl (C=O) groups excluding carboxylic acids is 1. The second-order valence-corrected chi connectivity index (χ2v) is 5.82. The molecule has 0 aliphatic carbocycles. The molecule has 5 nitrogen and oxygen atoms in total. The minimum atomic E-state index is -0.126. The first-order valence-electron chi connectivity index (χ1n) is 7.99. The van der Waals surface area contributed by atoms with Gasteiger partial charge in [0.05, 0.1) is 6.54 Å². The van der Waals surface area contributed by atoms with Crippen molar-refractivity contribution in [1.29, 1.82) is 0 Å². The van der Waals surface area contributed by atoms with E-state index in [4.69, 9.17) is 4.52 Å². The summed E-state index contributed by atoms with van der Waals surface area (Å²) in [7, 11) is 1.70. The Morgan fingerprint density at radius 2 is 1.84 bits per heavy atom. The number of nitrogens with zero attached hydrogens (tertiary/aromatic N) is 3. The van der Waals surface area contributed by atoms with E-state index in [2.05, 4.69) is 10.1 Å². The van der Waals surface area contributed by atoms with Crippen molar-refractivity contribution < 1.29 is 9.32 Å². The van der Waals surface area contributed by atoms with Crippen LogP contribution >= 0.6 is 0 Å². The number of rotatable bonds is 5. The fourth-order valence-electron chi connectivity index (χ4n) is 2.28. The van der Waals surface area contributed by atoms with Gasteiger partial charge in [-0.15, -0.1) is 0 Å². The predicted molar refractivity (Wildman–Crippen MR) is 96.4 cm³/mol. The van der Waals surface area contributed by atoms with Gasteiger partial charge in [-0.05, 0) is 18.6 Å². The molecule has 0 saturated carbocycles. The Kier molecular flexibility index (Phi) is 5.04. The zero-order chi connectivity index (χ0) is 17.6. The summed E-state index contributed by atoms with van der Waals surface area (Å²) >= 11 is 0. The van der Waals surface area contributed by atoms with Crippen LogP contribution in [0.25, 0.3) is 17.5 Å². The van der Waals surface area contributed by atoms with Gasteiger partial charge in [0, 0.05) is 18.7 Å². The van der Waals surface area contributed by atoms with E-state index in [9.17, 15) is 4.79 Å². The Hall–Kier alpha value is -3.21. The first-order chi connectivity index (χ1) is 12.1. The van der Waals surface area contributed by atoms with Crippen molar-refractivity contribution >= 4 is 12.0 Å². The van der Waals surface area contributed by atoms with Crippen molar-refractivity contribution in [2.24, 2.45) is 0 Å². The van der Waals surface area contributed by atoms with E-state index >= 15 is 0 Å². The molecule has 0 N–H and O–H groups in total. The van der Waals surface area contributed by atoms with E-state index in [1.54, 1.807) is 13.1 Å². The van der Waals surface area contributed by atoms with E-state index < -0.39 is 0 Å². The molecule has 0 radical (unpaired) electrons. The maximum absolute atomic E-state index is 12.2. The quantitative estimate of drug-likeness (QED) is 0.668. The lowest BCUT2D eigenvalue weighted by Gasteiger charge is -2.11.